The zero-order chi connectivity index (χ0) is 76.6. The molecule has 0 bridgehead atoms. The van der Waals surface area contributed by atoms with Crippen molar-refractivity contribution in [2.45, 2.75) is 69.9 Å². The largest absolute Gasteiger partial charge is 0.492 e. The number of carbonyl (C=O) groups excluding carboxylic acids is 1. The van der Waals surface area contributed by atoms with Gasteiger partial charge < -0.3 is 72.1 Å². The van der Waals surface area contributed by atoms with Gasteiger partial charge in [0.15, 0.2) is 12.3 Å². The highest BCUT2D eigenvalue weighted by Crippen LogP contribution is 2.54. The van der Waals surface area contributed by atoms with Crippen molar-refractivity contribution in [1.82, 2.24) is 4.73 Å². The van der Waals surface area contributed by atoms with Crippen LogP contribution < -0.4 is 9.74 Å². The van der Waals surface area contributed by atoms with Gasteiger partial charge in [-0.1, -0.05) is 36.4 Å². The van der Waals surface area contributed by atoms with Crippen LogP contribution in [0.1, 0.15) is 50.7 Å². The van der Waals surface area contributed by atoms with E-state index in [-0.39, 0.29) is 173 Å². The third kappa shape index (κ3) is 24.1. The van der Waals surface area contributed by atoms with Gasteiger partial charge in [0.05, 0.1) is 146 Å². The number of anilines is 1. The van der Waals surface area contributed by atoms with Crippen LogP contribution in [-0.4, -0.2) is 261 Å². The van der Waals surface area contributed by atoms with E-state index in [9.17, 15) is 79.9 Å². The number of methoxy groups -OCH3 is 2. The molecule has 0 aliphatic carbocycles. The topological polar surface area (TPSA) is 451 Å². The summed E-state index contributed by atoms with van der Waals surface area (Å²) in [5, 5.41) is 19.1. The Hall–Kier alpha value is -6.71. The predicted molar refractivity (Wildman–Crippen MR) is 380 cm³/mol. The second kappa shape index (κ2) is 39.4. The van der Waals surface area contributed by atoms with Gasteiger partial charge in [-0.3, -0.25) is 22.8 Å². The van der Waals surface area contributed by atoms with E-state index in [2.05, 4.69) is 0 Å². The number of aromatic hydroxyl groups is 2. The standard InChI is InChI=1S/C67H89N3O30S5/c1-66(20-10-44-101(74,75)76)59(68(22-26-89-3)55-15-13-51-53(64(55)66)45-49(102(77,78)79)47-57(51)104(83,84)85)11-8-6-5-7-9-12-60-67(2,21-25-92-31-34-96-37-36-94-29-28-90-4)65-54-46-50(103(80,81)82)48-58(105(86,87)88)52(54)14-16-56(65)69(60)23-27-93-32-35-97-39-41-99-43-42-98-40-38-95-33-30-91-24-19-63(73)100-70-61(71)17-18-62(70)72/h5-9,11-18,45-48H,10,19-44H2,1-4H3,(H6-,71,72,74,75,76,77,78,79,80,81,82,83,84,85,86,87,88)/p+1. The number of allylic oxidation sites excluding steroid dienone is 8. The minimum Gasteiger partial charge on any atom is -0.492 e. The summed E-state index contributed by atoms with van der Waals surface area (Å²) in [6, 6.07) is 11.8. The molecule has 2 atom stereocenters. The van der Waals surface area contributed by atoms with Gasteiger partial charge in [0.2, 0.25) is 17.4 Å². The number of benzene rings is 4. The highest BCUT2D eigenvalue weighted by atomic mass is 32.2. The molecule has 0 radical (unpaired) electrons. The van der Waals surface area contributed by atoms with Gasteiger partial charge in [0.1, 0.15) is 16.4 Å². The summed E-state index contributed by atoms with van der Waals surface area (Å²) in [5.41, 5.74) is 0.281. The van der Waals surface area contributed by atoms with Gasteiger partial charge in [-0.25, -0.2) is 4.79 Å². The Balaban J connectivity index is 1.09. The third-order valence-corrected chi connectivity index (χ3v) is 21.1. The first kappa shape index (κ1) is 85.5. The average Bonchev–Trinajstić information content (AvgIpc) is 1.59. The van der Waals surface area contributed by atoms with E-state index in [1.807, 2.05) is 16.4 Å². The first-order valence-corrected chi connectivity index (χ1v) is 40.3. The van der Waals surface area contributed by atoms with Crippen molar-refractivity contribution < 1.29 is 141 Å². The molecule has 4 aromatic carbocycles. The van der Waals surface area contributed by atoms with Crippen molar-refractivity contribution in [2.75, 3.05) is 170 Å². The second-order valence-corrected chi connectivity index (χ2v) is 31.3. The molecule has 33 nitrogen and oxygen atoms in total. The molecule has 7 N–H and O–H groups in total. The van der Waals surface area contributed by atoms with Crippen molar-refractivity contribution in [3.63, 3.8) is 0 Å². The maximum atomic E-state index is 13.1. The zero-order valence-electron chi connectivity index (χ0n) is 58.3. The summed E-state index contributed by atoms with van der Waals surface area (Å²) in [7, 11) is -21.9. The minimum atomic E-state index is -5.12. The van der Waals surface area contributed by atoms with Crippen LogP contribution in [0.4, 0.5) is 11.4 Å². The summed E-state index contributed by atoms with van der Waals surface area (Å²) in [5.74, 6) is -2.27. The number of fused-ring (bicyclic) bond motifs is 6. The van der Waals surface area contributed by atoms with E-state index < -0.39 is 104 Å². The monoisotopic (exact) mass is 1580 g/mol. The number of hydrogen-bond donors (Lipinski definition) is 7. The van der Waals surface area contributed by atoms with Crippen LogP contribution in [0.15, 0.2) is 128 Å². The van der Waals surface area contributed by atoms with E-state index in [0.717, 1.165) is 24.3 Å². The van der Waals surface area contributed by atoms with E-state index in [1.165, 1.54) is 19.2 Å². The van der Waals surface area contributed by atoms with Gasteiger partial charge in [-0.2, -0.15) is 46.7 Å². The van der Waals surface area contributed by atoms with Crippen molar-refractivity contribution in [3.8, 4) is 11.8 Å². The summed E-state index contributed by atoms with van der Waals surface area (Å²) in [6.45, 7) is 8.28. The van der Waals surface area contributed by atoms with Gasteiger partial charge >= 0.3 is 5.97 Å². The maximum Gasteiger partial charge on any atom is 0.335 e. The number of hydrogen-bond acceptors (Lipinski definition) is 26. The lowest BCUT2D eigenvalue weighted by Crippen LogP contribution is -2.32. The maximum absolute atomic E-state index is 13.1. The van der Waals surface area contributed by atoms with Crippen LogP contribution in [0.25, 0.3) is 21.5 Å². The molecule has 582 valence electrons. The van der Waals surface area contributed by atoms with Crippen LogP contribution in [0.5, 0.6) is 11.8 Å². The zero-order valence-corrected chi connectivity index (χ0v) is 62.4. The van der Waals surface area contributed by atoms with Crippen molar-refractivity contribution in [3.05, 3.63) is 120 Å². The van der Waals surface area contributed by atoms with Crippen molar-refractivity contribution in [1.29, 1.82) is 0 Å². The quantitative estimate of drug-likeness (QED) is 0.0110. The molecule has 105 heavy (non-hydrogen) atoms. The van der Waals surface area contributed by atoms with E-state index in [4.69, 9.17) is 56.9 Å². The number of rotatable bonds is 49. The Morgan fingerprint density at radius 2 is 0.924 bits per heavy atom. The van der Waals surface area contributed by atoms with Crippen molar-refractivity contribution >= 4 is 95.2 Å². The summed E-state index contributed by atoms with van der Waals surface area (Å²) in [6.07, 6.45) is 11.8. The molecular weight excluding hydrogens is 1490 g/mol. The molecule has 5 aromatic rings. The molecule has 1 aromatic heterocycles. The van der Waals surface area contributed by atoms with Crippen LogP contribution in [0.2, 0.25) is 0 Å². The second-order valence-electron chi connectivity index (χ2n) is 24.1. The van der Waals surface area contributed by atoms with Crippen LogP contribution in [0, 0.1) is 0 Å². The van der Waals surface area contributed by atoms with Crippen LogP contribution in [-0.2, 0) is 118 Å². The molecule has 0 saturated heterocycles. The first-order chi connectivity index (χ1) is 49.8. The Bertz CT molecular complexity index is 4540. The molecule has 0 fully saturated rings. The summed E-state index contributed by atoms with van der Waals surface area (Å²) >= 11 is 0. The lowest BCUT2D eigenvalue weighted by Gasteiger charge is -2.31. The smallest absolute Gasteiger partial charge is 0.335 e. The van der Waals surface area contributed by atoms with Crippen LogP contribution in [0.3, 0.4) is 0 Å². The van der Waals surface area contributed by atoms with Crippen molar-refractivity contribution in [2.24, 2.45) is 0 Å². The lowest BCUT2D eigenvalue weighted by molar-refractivity contribution is -0.441. The molecule has 38 heteroatoms. The Labute approximate surface area is 609 Å². The highest BCUT2D eigenvalue weighted by molar-refractivity contribution is 7.87. The van der Waals surface area contributed by atoms with E-state index in [1.54, 1.807) is 68.7 Å². The molecule has 2 unspecified atom stereocenters. The number of nitrogens with zero attached hydrogens (tertiary/aromatic N) is 3. The van der Waals surface area contributed by atoms with Gasteiger partial charge in [-0.05, 0) is 91.9 Å². The van der Waals surface area contributed by atoms with Gasteiger partial charge in [-0.15, -0.1) is 4.73 Å². The summed E-state index contributed by atoms with van der Waals surface area (Å²) < 4.78 is 242. The lowest BCUT2D eigenvalue weighted by atomic mass is 9.74. The molecule has 0 amide bonds. The number of carbonyl (C=O) groups is 1. The molecule has 3 heterocycles. The fraction of sp³-hybridized carbons (Fsp3) is 0.493. The average molecular weight is 1580 g/mol. The van der Waals surface area contributed by atoms with Crippen LogP contribution >= 0.6 is 0 Å². The SMILES string of the molecule is COCCOCCOCCOCCC1(C)C(=CC=CC=CC=CC2=[N+](CCOC)c3ccc4c(S(=O)(=O)O)cc(S(=O)(=O)O)cc4c3C2(C)CCCS(=O)(=O)O)N(CCOCCOCCOCCOCCOCCOCCC(=O)On2c(O)ccc2O)c2ccc3c(S(=O)(=O)O)cc(S(=O)(=O)O)cc3c21. The third-order valence-electron chi connectivity index (χ3n) is 16.9. The highest BCUT2D eigenvalue weighted by Gasteiger charge is 2.50. The normalized spacial score (nSPS) is 17.2. The fourth-order valence-electron chi connectivity index (χ4n) is 12.1. The number of ether oxygens (including phenoxy) is 11. The molecule has 0 saturated carbocycles. The minimum absolute atomic E-state index is 0.00117. The predicted octanol–water partition coefficient (Wildman–Crippen LogP) is 5.43. The molecule has 0 spiro atoms. The van der Waals surface area contributed by atoms with Gasteiger partial charge in [0.25, 0.3) is 50.6 Å². The Morgan fingerprint density at radius 3 is 1.41 bits per heavy atom. The molecule has 7 rings (SSSR count). The fourth-order valence-corrected chi connectivity index (χ4v) is 15.3. The van der Waals surface area contributed by atoms with E-state index >= 15 is 0 Å². The first-order valence-electron chi connectivity index (χ1n) is 33.0. The molecule has 2 aliphatic rings. The van der Waals surface area contributed by atoms with Gasteiger partial charge in [0, 0.05) is 84.8 Å². The Kier molecular flexibility index (Phi) is 32.1. The van der Waals surface area contributed by atoms with E-state index in [0.29, 0.717) is 70.6 Å². The molecular formula is C67H90N3O30S5+. The summed E-state index contributed by atoms with van der Waals surface area (Å²) in [4.78, 5) is 15.4. The molecule has 2 aliphatic heterocycles. The number of aromatic nitrogens is 1. The Morgan fingerprint density at radius 1 is 0.476 bits per heavy atom.